The van der Waals surface area contributed by atoms with E-state index in [1.807, 2.05) is 19.6 Å². The molecule has 0 bridgehead atoms. The second kappa shape index (κ2) is 16.0. The Morgan fingerprint density at radius 1 is 0.556 bits per heavy atom. The van der Waals surface area contributed by atoms with E-state index in [1.54, 1.807) is 96.3 Å². The minimum atomic E-state index is -1.61. The molecule has 0 amide bonds. The van der Waals surface area contributed by atoms with Crippen molar-refractivity contribution in [3.8, 4) is 0 Å². The molecule has 0 aliphatic heterocycles. The molecule has 0 unspecified atom stereocenters. The van der Waals surface area contributed by atoms with Crippen molar-refractivity contribution in [2.75, 3.05) is 0 Å². The molecule has 1 nitrogen and oxygen atoms in total. The quantitative estimate of drug-likeness (QED) is 0.200. The second-order valence-electron chi connectivity index (χ2n) is 9.68. The maximum atomic E-state index is 8.66. The van der Waals surface area contributed by atoms with Crippen molar-refractivity contribution in [3.63, 3.8) is 0 Å². The Kier molecular flexibility index (Phi) is 18.1. The molecule has 167 valence electrons. The van der Waals surface area contributed by atoms with E-state index < -0.39 is 8.32 Å². The summed E-state index contributed by atoms with van der Waals surface area (Å²) in [7, 11) is -1.66. The molecule has 1 N–H and O–H groups in total. The van der Waals surface area contributed by atoms with Crippen LogP contribution in [0.25, 0.3) is 0 Å². The Morgan fingerprint density at radius 3 is 0.926 bits per heavy atom. The first-order chi connectivity index (χ1) is 11.4. The average Bonchev–Trinajstić information content (AvgIpc) is 2.57. The molecule has 1 radical (unpaired) electrons. The SMILES string of the molecule is C1CCC([PH+](C2CCCCC2)C2CCCCC2)CC1.C[Si](C)(C)O.[CH3-].[CH3-].[Ir]. The summed E-state index contributed by atoms with van der Waals surface area (Å²) in [5.74, 6) is 0. The smallest absolute Gasteiger partial charge is 0.179 e. The molecule has 4 heteroatoms. The van der Waals surface area contributed by atoms with Crippen molar-refractivity contribution < 1.29 is 24.9 Å². The fourth-order valence-electron chi connectivity index (χ4n) is 5.31. The van der Waals surface area contributed by atoms with Gasteiger partial charge >= 0.3 is 0 Å². The van der Waals surface area contributed by atoms with Gasteiger partial charge in [0.05, 0.1) is 17.0 Å². The zero-order valence-electron chi connectivity index (χ0n) is 19.1. The molecule has 3 aliphatic carbocycles. The van der Waals surface area contributed by atoms with Crippen LogP contribution in [-0.4, -0.2) is 30.1 Å². The third-order valence-electron chi connectivity index (χ3n) is 6.23. The fraction of sp³-hybridized carbons (Fsp3) is 0.913. The van der Waals surface area contributed by atoms with Gasteiger partial charge in [0.1, 0.15) is 0 Å². The molecular weight excluding hydrogens is 544 g/mol. The second-order valence-corrected chi connectivity index (χ2v) is 17.5. The molecule has 3 aliphatic rings. The van der Waals surface area contributed by atoms with Crippen molar-refractivity contribution in [3.05, 3.63) is 14.9 Å². The van der Waals surface area contributed by atoms with Crippen LogP contribution < -0.4 is 0 Å². The van der Waals surface area contributed by atoms with Gasteiger partial charge in [-0.1, -0.05) is 19.3 Å². The molecular formula is C23H50IrOPSi-. The van der Waals surface area contributed by atoms with Crippen molar-refractivity contribution in [1.82, 2.24) is 0 Å². The van der Waals surface area contributed by atoms with Crippen molar-refractivity contribution >= 4 is 16.2 Å². The van der Waals surface area contributed by atoms with E-state index in [2.05, 4.69) is 0 Å². The number of hydrogen-bond donors (Lipinski definition) is 1. The maximum absolute atomic E-state index is 8.66. The Morgan fingerprint density at radius 2 is 0.741 bits per heavy atom. The van der Waals surface area contributed by atoms with Gasteiger partial charge in [0.2, 0.25) is 0 Å². The van der Waals surface area contributed by atoms with Crippen LogP contribution in [0.4, 0.5) is 0 Å². The van der Waals surface area contributed by atoms with Crippen molar-refractivity contribution in [1.29, 1.82) is 0 Å². The first-order valence-electron chi connectivity index (χ1n) is 11.0. The molecule has 27 heavy (non-hydrogen) atoms. The van der Waals surface area contributed by atoms with Gasteiger partial charge in [-0.3, -0.25) is 0 Å². The van der Waals surface area contributed by atoms with E-state index in [9.17, 15) is 0 Å². The van der Waals surface area contributed by atoms with Gasteiger partial charge in [-0.2, -0.15) is 0 Å². The van der Waals surface area contributed by atoms with Gasteiger partial charge in [-0.15, -0.1) is 0 Å². The van der Waals surface area contributed by atoms with Crippen LogP contribution in [-0.2, 0) is 20.1 Å². The first-order valence-corrected chi connectivity index (χ1v) is 16.2. The maximum Gasteiger partial charge on any atom is 0.179 e. The number of hydrogen-bond acceptors (Lipinski definition) is 1. The summed E-state index contributed by atoms with van der Waals surface area (Å²) in [6, 6.07) is 0. The Labute approximate surface area is 188 Å². The summed E-state index contributed by atoms with van der Waals surface area (Å²) >= 11 is 0. The van der Waals surface area contributed by atoms with Crippen LogP contribution in [0.1, 0.15) is 96.3 Å². The third kappa shape index (κ3) is 12.5. The summed E-state index contributed by atoms with van der Waals surface area (Å²) < 4.78 is 0. The minimum absolute atomic E-state index is 0. The summed E-state index contributed by atoms with van der Waals surface area (Å²) in [5.41, 5.74) is 3.68. The van der Waals surface area contributed by atoms with E-state index in [-0.39, 0.29) is 42.9 Å². The molecule has 0 heterocycles. The number of rotatable bonds is 3. The van der Waals surface area contributed by atoms with Gasteiger partial charge in [0.15, 0.2) is 8.32 Å². The van der Waals surface area contributed by atoms with Crippen LogP contribution in [0.15, 0.2) is 0 Å². The summed E-state index contributed by atoms with van der Waals surface area (Å²) in [6.45, 7) is 5.65. The van der Waals surface area contributed by atoms with Crippen molar-refractivity contribution in [2.24, 2.45) is 0 Å². The predicted molar refractivity (Wildman–Crippen MR) is 127 cm³/mol. The van der Waals surface area contributed by atoms with E-state index in [0.717, 1.165) is 0 Å². The molecule has 0 aromatic carbocycles. The Balaban J connectivity index is 0. The zero-order chi connectivity index (χ0) is 17.4. The third-order valence-corrected chi connectivity index (χ3v) is 10.8. The summed E-state index contributed by atoms with van der Waals surface area (Å²) in [6.07, 6.45) is 23.8. The van der Waals surface area contributed by atoms with E-state index in [1.165, 1.54) is 17.0 Å². The van der Waals surface area contributed by atoms with Gasteiger partial charge in [0, 0.05) is 28.0 Å². The fourth-order valence-corrected chi connectivity index (χ4v) is 10.5. The largest absolute Gasteiger partial charge is 0.433 e. The molecule has 0 saturated heterocycles. The topological polar surface area (TPSA) is 20.2 Å². The average molecular weight is 594 g/mol. The Bertz CT molecular complexity index is 281. The summed E-state index contributed by atoms with van der Waals surface area (Å²) in [5, 5.41) is 0. The van der Waals surface area contributed by atoms with Gasteiger partial charge in [0.25, 0.3) is 0 Å². The van der Waals surface area contributed by atoms with Crippen LogP contribution in [0.3, 0.4) is 0 Å². The first kappa shape index (κ1) is 30.4. The van der Waals surface area contributed by atoms with Crippen LogP contribution in [0.2, 0.25) is 19.6 Å². The van der Waals surface area contributed by atoms with Gasteiger partial charge in [-0.25, -0.2) is 0 Å². The molecule has 0 aromatic rings. The van der Waals surface area contributed by atoms with E-state index in [4.69, 9.17) is 4.80 Å². The Hall–Kier alpha value is 1.26. The van der Waals surface area contributed by atoms with E-state index >= 15 is 0 Å². The van der Waals surface area contributed by atoms with Crippen LogP contribution >= 0.6 is 7.92 Å². The van der Waals surface area contributed by atoms with Crippen molar-refractivity contribution in [2.45, 2.75) is 133 Å². The monoisotopic (exact) mass is 594 g/mol. The molecule has 3 saturated carbocycles. The van der Waals surface area contributed by atoms with Crippen LogP contribution in [0.5, 0.6) is 0 Å². The normalized spacial score (nSPS) is 22.6. The zero-order valence-corrected chi connectivity index (χ0v) is 23.5. The standard InChI is InChI=1S/C18H33P.C3H10OSi.2CH3.Ir/c1-4-10-16(11-5-1)19(17-12-6-2-7-13-17)18-14-8-3-9-15-18;1-5(2,3)4;;;/h16-18H,1-15H2;4H,1-3H3;2*1H3;/q;;2*-1;/p+1. The van der Waals surface area contributed by atoms with Gasteiger partial charge in [-0.05, 0) is 96.7 Å². The minimum Gasteiger partial charge on any atom is -0.433 e. The van der Waals surface area contributed by atoms with Gasteiger partial charge < -0.3 is 19.6 Å². The molecule has 0 spiro atoms. The molecule has 3 rings (SSSR count). The van der Waals surface area contributed by atoms with Crippen LogP contribution in [0, 0.1) is 14.9 Å². The summed E-state index contributed by atoms with van der Waals surface area (Å²) in [4.78, 5) is 8.66. The molecule has 0 aromatic heterocycles. The predicted octanol–water partition coefficient (Wildman–Crippen LogP) is 7.91. The van der Waals surface area contributed by atoms with E-state index in [0.29, 0.717) is 0 Å². The molecule has 0 atom stereocenters. The molecule has 3 fully saturated rings.